The van der Waals surface area contributed by atoms with E-state index in [1.807, 2.05) is 12.1 Å². The highest BCUT2D eigenvalue weighted by molar-refractivity contribution is 5.49. The van der Waals surface area contributed by atoms with Crippen LogP contribution in [0.5, 0.6) is 5.75 Å². The Labute approximate surface area is 104 Å². The van der Waals surface area contributed by atoms with Gasteiger partial charge in [0.05, 0.1) is 7.11 Å². The van der Waals surface area contributed by atoms with Gasteiger partial charge in [0, 0.05) is 31.4 Å². The van der Waals surface area contributed by atoms with E-state index in [1.54, 1.807) is 7.11 Å². The lowest BCUT2D eigenvalue weighted by atomic mass is 10.2. The molecule has 0 unspecified atom stereocenters. The molecule has 1 fully saturated rings. The highest BCUT2D eigenvalue weighted by atomic mass is 16.5. The van der Waals surface area contributed by atoms with Crippen molar-refractivity contribution in [1.29, 1.82) is 0 Å². The minimum absolute atomic E-state index is 0.817. The number of nitrogens with one attached hydrogen (secondary N) is 1. The summed E-state index contributed by atoms with van der Waals surface area (Å²) in [7, 11) is 3.84. The topological polar surface area (TPSA) is 24.5 Å². The zero-order chi connectivity index (χ0) is 12.1. The second-order valence-corrected chi connectivity index (χ2v) is 4.70. The first kappa shape index (κ1) is 12.2. The van der Waals surface area contributed by atoms with Crippen molar-refractivity contribution in [2.45, 2.75) is 25.3 Å². The molecule has 1 saturated carbocycles. The van der Waals surface area contributed by atoms with Gasteiger partial charge < -0.3 is 15.0 Å². The van der Waals surface area contributed by atoms with Crippen LogP contribution in [0.2, 0.25) is 0 Å². The van der Waals surface area contributed by atoms with Crippen LogP contribution in [0.1, 0.15) is 19.3 Å². The normalized spacial score (nSPS) is 14.7. The smallest absolute Gasteiger partial charge is 0.120 e. The van der Waals surface area contributed by atoms with Gasteiger partial charge in [-0.15, -0.1) is 0 Å². The van der Waals surface area contributed by atoms with Gasteiger partial charge in [-0.05, 0) is 37.9 Å². The molecule has 2 rings (SSSR count). The summed E-state index contributed by atoms with van der Waals surface area (Å²) in [4.78, 5) is 2.27. The first-order chi connectivity index (χ1) is 8.29. The van der Waals surface area contributed by atoms with E-state index in [9.17, 15) is 0 Å². The van der Waals surface area contributed by atoms with Gasteiger partial charge in [0.15, 0.2) is 0 Å². The lowest BCUT2D eigenvalue weighted by Gasteiger charge is -2.19. The van der Waals surface area contributed by atoms with Crippen LogP contribution in [-0.4, -0.2) is 33.3 Å². The van der Waals surface area contributed by atoms with Gasteiger partial charge in [-0.1, -0.05) is 6.07 Å². The third-order valence-corrected chi connectivity index (χ3v) is 3.17. The monoisotopic (exact) mass is 234 g/mol. The summed E-state index contributed by atoms with van der Waals surface area (Å²) in [5.41, 5.74) is 1.22. The standard InChI is InChI=1S/C14H22N2O/c1-16(10-4-9-15-12-7-8-12)13-5-3-6-14(11-13)17-2/h3,5-6,11-12,15H,4,7-10H2,1-2H3. The van der Waals surface area contributed by atoms with Crippen molar-refractivity contribution in [2.24, 2.45) is 0 Å². The van der Waals surface area contributed by atoms with Crippen molar-refractivity contribution in [2.75, 3.05) is 32.1 Å². The molecule has 0 aromatic heterocycles. The fourth-order valence-corrected chi connectivity index (χ4v) is 1.89. The van der Waals surface area contributed by atoms with E-state index >= 15 is 0 Å². The van der Waals surface area contributed by atoms with E-state index in [4.69, 9.17) is 4.74 Å². The van der Waals surface area contributed by atoms with Gasteiger partial charge >= 0.3 is 0 Å². The first-order valence-electron chi connectivity index (χ1n) is 6.38. The molecular formula is C14H22N2O. The summed E-state index contributed by atoms with van der Waals surface area (Å²) >= 11 is 0. The largest absolute Gasteiger partial charge is 0.497 e. The maximum atomic E-state index is 5.23. The summed E-state index contributed by atoms with van der Waals surface area (Å²) in [6, 6.07) is 9.03. The molecule has 0 heterocycles. The first-order valence-corrected chi connectivity index (χ1v) is 6.38. The number of hydrogen-bond donors (Lipinski definition) is 1. The van der Waals surface area contributed by atoms with E-state index < -0.39 is 0 Å². The van der Waals surface area contributed by atoms with E-state index in [-0.39, 0.29) is 0 Å². The molecule has 0 radical (unpaired) electrons. The highest BCUT2D eigenvalue weighted by Crippen LogP contribution is 2.20. The van der Waals surface area contributed by atoms with Gasteiger partial charge in [0.1, 0.15) is 5.75 Å². The lowest BCUT2D eigenvalue weighted by molar-refractivity contribution is 0.415. The quantitative estimate of drug-likeness (QED) is 0.732. The molecule has 3 nitrogen and oxygen atoms in total. The predicted molar refractivity (Wildman–Crippen MR) is 71.9 cm³/mol. The van der Waals surface area contributed by atoms with E-state index in [1.165, 1.54) is 24.9 Å². The number of methoxy groups -OCH3 is 1. The summed E-state index contributed by atoms with van der Waals surface area (Å²) in [6.45, 7) is 2.20. The molecule has 17 heavy (non-hydrogen) atoms. The van der Waals surface area contributed by atoms with Gasteiger partial charge in [-0.3, -0.25) is 0 Å². The third kappa shape index (κ3) is 3.93. The number of hydrogen-bond acceptors (Lipinski definition) is 3. The molecule has 0 amide bonds. The molecule has 1 aliphatic rings. The highest BCUT2D eigenvalue weighted by Gasteiger charge is 2.19. The van der Waals surface area contributed by atoms with Crippen molar-refractivity contribution < 1.29 is 4.74 Å². The molecule has 1 N–H and O–H groups in total. The van der Waals surface area contributed by atoms with Crippen molar-refractivity contribution >= 4 is 5.69 Å². The maximum absolute atomic E-state index is 5.23. The lowest BCUT2D eigenvalue weighted by Crippen LogP contribution is -2.24. The fourth-order valence-electron chi connectivity index (χ4n) is 1.89. The molecule has 0 atom stereocenters. The maximum Gasteiger partial charge on any atom is 0.120 e. The summed E-state index contributed by atoms with van der Waals surface area (Å²) in [5.74, 6) is 0.922. The summed E-state index contributed by atoms with van der Waals surface area (Å²) in [6.07, 6.45) is 3.92. The minimum Gasteiger partial charge on any atom is -0.497 e. The Morgan fingerprint density at radius 3 is 2.94 bits per heavy atom. The SMILES string of the molecule is COc1cccc(N(C)CCCNC2CC2)c1. The third-order valence-electron chi connectivity index (χ3n) is 3.17. The van der Waals surface area contributed by atoms with Crippen LogP contribution in [0.3, 0.4) is 0 Å². The molecule has 0 bridgehead atoms. The molecule has 1 aromatic carbocycles. The second kappa shape index (κ2) is 5.92. The van der Waals surface area contributed by atoms with E-state index in [2.05, 4.69) is 29.4 Å². The average Bonchev–Trinajstić information content (AvgIpc) is 3.18. The Hall–Kier alpha value is -1.22. The number of benzene rings is 1. The number of rotatable bonds is 7. The van der Waals surface area contributed by atoms with Gasteiger partial charge in [-0.25, -0.2) is 0 Å². The Bertz CT molecular complexity index is 350. The van der Waals surface area contributed by atoms with Crippen LogP contribution in [0.15, 0.2) is 24.3 Å². The van der Waals surface area contributed by atoms with E-state index in [0.717, 1.165) is 24.9 Å². The van der Waals surface area contributed by atoms with Crippen LogP contribution in [0.4, 0.5) is 5.69 Å². The predicted octanol–water partition coefficient (Wildman–Crippen LogP) is 2.27. The molecule has 1 aliphatic carbocycles. The van der Waals surface area contributed by atoms with Crippen LogP contribution < -0.4 is 15.0 Å². The molecule has 3 heteroatoms. The van der Waals surface area contributed by atoms with Gasteiger partial charge in [0.2, 0.25) is 0 Å². The second-order valence-electron chi connectivity index (χ2n) is 4.70. The van der Waals surface area contributed by atoms with E-state index in [0.29, 0.717) is 0 Å². The summed E-state index contributed by atoms with van der Waals surface area (Å²) in [5, 5.41) is 3.53. The van der Waals surface area contributed by atoms with Crippen LogP contribution in [0, 0.1) is 0 Å². The van der Waals surface area contributed by atoms with Crippen molar-refractivity contribution in [3.8, 4) is 5.75 Å². The molecule has 0 aliphatic heterocycles. The Balaban J connectivity index is 1.74. The molecule has 0 saturated heterocycles. The molecule has 0 spiro atoms. The van der Waals surface area contributed by atoms with Crippen LogP contribution >= 0.6 is 0 Å². The zero-order valence-electron chi connectivity index (χ0n) is 10.8. The van der Waals surface area contributed by atoms with Crippen molar-refractivity contribution in [3.05, 3.63) is 24.3 Å². The van der Waals surface area contributed by atoms with Gasteiger partial charge in [0.25, 0.3) is 0 Å². The number of anilines is 1. The summed E-state index contributed by atoms with van der Waals surface area (Å²) < 4.78 is 5.23. The van der Waals surface area contributed by atoms with Crippen molar-refractivity contribution in [1.82, 2.24) is 5.32 Å². The number of ether oxygens (including phenoxy) is 1. The van der Waals surface area contributed by atoms with Gasteiger partial charge in [-0.2, -0.15) is 0 Å². The van der Waals surface area contributed by atoms with Crippen LogP contribution in [0.25, 0.3) is 0 Å². The molecule has 1 aromatic rings. The Morgan fingerprint density at radius 1 is 1.41 bits per heavy atom. The Kier molecular flexibility index (Phi) is 4.26. The van der Waals surface area contributed by atoms with Crippen LogP contribution in [-0.2, 0) is 0 Å². The molecular weight excluding hydrogens is 212 g/mol. The fraction of sp³-hybridized carbons (Fsp3) is 0.571. The zero-order valence-corrected chi connectivity index (χ0v) is 10.8. The molecule has 94 valence electrons. The van der Waals surface area contributed by atoms with Crippen molar-refractivity contribution in [3.63, 3.8) is 0 Å². The number of nitrogens with zero attached hydrogens (tertiary/aromatic N) is 1. The minimum atomic E-state index is 0.817. The Morgan fingerprint density at radius 2 is 2.24 bits per heavy atom. The average molecular weight is 234 g/mol.